The maximum atomic E-state index is 12.4. The van der Waals surface area contributed by atoms with Gasteiger partial charge in [0.25, 0.3) is 0 Å². The molecule has 130 valence electrons. The Morgan fingerprint density at radius 3 is 3.00 bits per heavy atom. The Labute approximate surface area is 145 Å². The average molecular weight is 340 g/mol. The van der Waals surface area contributed by atoms with E-state index in [4.69, 9.17) is 14.2 Å². The lowest BCUT2D eigenvalue weighted by Crippen LogP contribution is -2.34. The average Bonchev–Trinajstić information content (AvgIpc) is 3.25. The number of carbonyl (C=O) groups excluding carboxylic acids is 1. The highest BCUT2D eigenvalue weighted by molar-refractivity contribution is 5.96. The number of H-pyrrole nitrogens is 1. The number of methoxy groups -OCH3 is 2. The van der Waals surface area contributed by atoms with Crippen molar-refractivity contribution in [3.8, 4) is 17.0 Å². The smallest absolute Gasteiger partial charge is 0.355 e. The van der Waals surface area contributed by atoms with E-state index < -0.39 is 5.97 Å². The Kier molecular flexibility index (Phi) is 3.84. The highest BCUT2D eigenvalue weighted by Gasteiger charge is 2.34. The minimum Gasteiger partial charge on any atom is -0.481 e. The second-order valence-electron chi connectivity index (χ2n) is 6.47. The Morgan fingerprint density at radius 1 is 1.40 bits per heavy atom. The normalized spacial score (nSPS) is 21.4. The van der Waals surface area contributed by atoms with Crippen molar-refractivity contribution in [1.82, 2.24) is 9.97 Å². The predicted octanol–water partition coefficient (Wildman–Crippen LogP) is 1.24. The van der Waals surface area contributed by atoms with Crippen LogP contribution in [0.2, 0.25) is 0 Å². The SMILES string of the molecule is COC(=O)c1[nH]c2c(c1-c1cccnc1OC)=CCC1(C=2)CCOC1. The van der Waals surface area contributed by atoms with Gasteiger partial charge >= 0.3 is 5.97 Å². The van der Waals surface area contributed by atoms with Crippen molar-refractivity contribution in [3.63, 3.8) is 0 Å². The molecule has 0 aromatic carbocycles. The minimum absolute atomic E-state index is 0.0154. The first kappa shape index (κ1) is 15.9. The number of fused-ring (bicyclic) bond motifs is 1. The molecule has 2 aromatic rings. The molecule has 1 saturated heterocycles. The number of nitrogens with one attached hydrogen (secondary N) is 1. The molecule has 3 heterocycles. The van der Waals surface area contributed by atoms with Gasteiger partial charge in [0.05, 0.1) is 20.8 Å². The second kappa shape index (κ2) is 6.04. The van der Waals surface area contributed by atoms with Gasteiger partial charge in [0.2, 0.25) is 5.88 Å². The van der Waals surface area contributed by atoms with Crippen LogP contribution in [0.5, 0.6) is 5.88 Å². The maximum absolute atomic E-state index is 12.4. The summed E-state index contributed by atoms with van der Waals surface area (Å²) in [6.45, 7) is 1.48. The standard InChI is InChI=1S/C19H20N2O4/c1-23-17-13(4-3-8-20-17)15-12-5-6-19(7-9-25-11-19)10-14(12)21-16(15)18(22)24-2/h3-5,8,10,21H,6-7,9,11H2,1-2H3. The Balaban J connectivity index is 1.99. The van der Waals surface area contributed by atoms with Gasteiger partial charge < -0.3 is 19.2 Å². The highest BCUT2D eigenvalue weighted by atomic mass is 16.5. The van der Waals surface area contributed by atoms with Crippen molar-refractivity contribution in [2.45, 2.75) is 12.8 Å². The molecule has 0 saturated carbocycles. The molecule has 1 spiro atoms. The number of aromatic nitrogens is 2. The summed E-state index contributed by atoms with van der Waals surface area (Å²) >= 11 is 0. The molecule has 1 fully saturated rings. The van der Waals surface area contributed by atoms with E-state index in [2.05, 4.69) is 22.1 Å². The largest absolute Gasteiger partial charge is 0.481 e. The Bertz CT molecular complexity index is 939. The summed E-state index contributed by atoms with van der Waals surface area (Å²) in [5.74, 6) is 0.0705. The number of hydrogen-bond donors (Lipinski definition) is 1. The molecular formula is C19H20N2O4. The fourth-order valence-electron chi connectivity index (χ4n) is 3.71. The third-order valence-electron chi connectivity index (χ3n) is 4.99. The second-order valence-corrected chi connectivity index (χ2v) is 6.47. The zero-order valence-electron chi connectivity index (χ0n) is 14.3. The molecule has 6 nitrogen and oxygen atoms in total. The van der Waals surface area contributed by atoms with Crippen LogP contribution >= 0.6 is 0 Å². The van der Waals surface area contributed by atoms with E-state index in [-0.39, 0.29) is 5.41 Å². The molecule has 0 bridgehead atoms. The van der Waals surface area contributed by atoms with Crippen LogP contribution in [-0.2, 0) is 9.47 Å². The van der Waals surface area contributed by atoms with Crippen LogP contribution in [0.4, 0.5) is 0 Å². The maximum Gasteiger partial charge on any atom is 0.355 e. The fourth-order valence-corrected chi connectivity index (χ4v) is 3.71. The minimum atomic E-state index is -0.408. The number of hydrogen-bond acceptors (Lipinski definition) is 5. The van der Waals surface area contributed by atoms with Gasteiger partial charge in [-0.1, -0.05) is 12.2 Å². The lowest BCUT2D eigenvalue weighted by Gasteiger charge is -2.23. The number of aromatic amines is 1. The van der Waals surface area contributed by atoms with Crippen LogP contribution in [-0.4, -0.2) is 43.4 Å². The van der Waals surface area contributed by atoms with Crippen LogP contribution in [0, 0.1) is 5.41 Å². The van der Waals surface area contributed by atoms with E-state index in [0.29, 0.717) is 18.2 Å². The monoisotopic (exact) mass is 340 g/mol. The number of rotatable bonds is 3. The number of carbonyl (C=O) groups is 1. The first-order chi connectivity index (χ1) is 12.2. The van der Waals surface area contributed by atoms with Crippen molar-refractivity contribution < 1.29 is 19.0 Å². The van der Waals surface area contributed by atoms with Gasteiger partial charge in [0, 0.05) is 39.9 Å². The predicted molar refractivity (Wildman–Crippen MR) is 92.6 cm³/mol. The zero-order chi connectivity index (χ0) is 17.4. The summed E-state index contributed by atoms with van der Waals surface area (Å²) in [6.07, 6.45) is 7.91. The van der Waals surface area contributed by atoms with Gasteiger partial charge in [0.1, 0.15) is 5.69 Å². The van der Waals surface area contributed by atoms with E-state index in [1.54, 1.807) is 13.3 Å². The molecule has 2 aromatic heterocycles. The summed E-state index contributed by atoms with van der Waals surface area (Å²) in [7, 11) is 2.95. The number of esters is 1. The van der Waals surface area contributed by atoms with Gasteiger partial charge in [-0.25, -0.2) is 9.78 Å². The molecule has 1 aliphatic carbocycles. The van der Waals surface area contributed by atoms with Crippen molar-refractivity contribution in [3.05, 3.63) is 34.6 Å². The number of ether oxygens (including phenoxy) is 3. The summed E-state index contributed by atoms with van der Waals surface area (Å²) in [6, 6.07) is 3.73. The van der Waals surface area contributed by atoms with Crippen LogP contribution < -0.4 is 15.3 Å². The van der Waals surface area contributed by atoms with Gasteiger partial charge in [-0.15, -0.1) is 0 Å². The van der Waals surface area contributed by atoms with Gasteiger partial charge in [-0.2, -0.15) is 0 Å². The third-order valence-corrected chi connectivity index (χ3v) is 4.99. The molecule has 6 heteroatoms. The van der Waals surface area contributed by atoms with Gasteiger partial charge in [-0.05, 0) is 25.0 Å². The molecule has 25 heavy (non-hydrogen) atoms. The molecule has 0 amide bonds. The molecule has 4 rings (SSSR count). The quantitative estimate of drug-likeness (QED) is 0.851. The molecule has 1 unspecified atom stereocenters. The molecule has 1 atom stereocenters. The van der Waals surface area contributed by atoms with Crippen molar-refractivity contribution in [2.24, 2.45) is 5.41 Å². The molecule has 1 N–H and O–H groups in total. The van der Waals surface area contributed by atoms with E-state index in [0.717, 1.165) is 41.1 Å². The first-order valence-electron chi connectivity index (χ1n) is 8.28. The van der Waals surface area contributed by atoms with Gasteiger partial charge in [0.15, 0.2) is 0 Å². The van der Waals surface area contributed by atoms with E-state index in [9.17, 15) is 4.79 Å². The fraction of sp³-hybridized carbons (Fsp3) is 0.368. The van der Waals surface area contributed by atoms with Crippen molar-refractivity contribution >= 4 is 18.1 Å². The Hall–Kier alpha value is -2.60. The summed E-state index contributed by atoms with van der Waals surface area (Å²) in [5, 5.41) is 1.92. The topological polar surface area (TPSA) is 73.4 Å². The van der Waals surface area contributed by atoms with Crippen molar-refractivity contribution in [1.29, 1.82) is 0 Å². The van der Waals surface area contributed by atoms with E-state index in [1.165, 1.54) is 7.11 Å². The van der Waals surface area contributed by atoms with E-state index >= 15 is 0 Å². The third kappa shape index (κ3) is 2.53. The lowest BCUT2D eigenvalue weighted by molar-refractivity contribution is 0.0595. The van der Waals surface area contributed by atoms with Crippen LogP contribution in [0.25, 0.3) is 23.3 Å². The molecular weight excluding hydrogens is 320 g/mol. The van der Waals surface area contributed by atoms with Crippen molar-refractivity contribution in [2.75, 3.05) is 27.4 Å². The van der Waals surface area contributed by atoms with E-state index in [1.807, 2.05) is 12.1 Å². The zero-order valence-corrected chi connectivity index (χ0v) is 14.3. The molecule has 0 radical (unpaired) electrons. The van der Waals surface area contributed by atoms with Crippen LogP contribution in [0.1, 0.15) is 23.3 Å². The Morgan fingerprint density at radius 2 is 2.28 bits per heavy atom. The number of nitrogens with zero attached hydrogens (tertiary/aromatic N) is 1. The summed E-state index contributed by atoms with van der Waals surface area (Å²) in [4.78, 5) is 19.9. The van der Waals surface area contributed by atoms with Crippen LogP contribution in [0.15, 0.2) is 18.3 Å². The molecule has 2 aliphatic rings. The van der Waals surface area contributed by atoms with Gasteiger partial charge in [-0.3, -0.25) is 0 Å². The number of pyridine rings is 1. The van der Waals surface area contributed by atoms with Crippen LogP contribution in [0.3, 0.4) is 0 Å². The first-order valence-corrected chi connectivity index (χ1v) is 8.28. The highest BCUT2D eigenvalue weighted by Crippen LogP contribution is 2.36. The summed E-state index contributed by atoms with van der Waals surface area (Å²) in [5.41, 5.74) is 1.98. The lowest BCUT2D eigenvalue weighted by atomic mass is 9.80. The molecule has 1 aliphatic heterocycles. The summed E-state index contributed by atoms with van der Waals surface area (Å²) < 4.78 is 16.0.